The Morgan fingerprint density at radius 3 is 2.72 bits per heavy atom. The van der Waals surface area contributed by atoms with Gasteiger partial charge in [0.2, 0.25) is 0 Å². The van der Waals surface area contributed by atoms with Crippen molar-refractivity contribution in [3.8, 4) is 11.5 Å². The minimum absolute atomic E-state index is 0.239. The number of halogens is 1. The van der Waals surface area contributed by atoms with Gasteiger partial charge in [0.1, 0.15) is 4.88 Å². The number of carbonyl (C=O) groups is 3. The molecule has 2 aromatic rings. The Labute approximate surface area is 159 Å². The number of benzene rings is 1. The third kappa shape index (κ3) is 3.94. The number of rotatable bonds is 4. The molecule has 0 radical (unpaired) electrons. The lowest BCUT2D eigenvalue weighted by Gasteiger charge is -2.12. The molecule has 2 heterocycles. The Bertz CT molecular complexity index is 892. The van der Waals surface area contributed by atoms with E-state index in [4.69, 9.17) is 9.47 Å². The van der Waals surface area contributed by atoms with Crippen LogP contribution < -0.4 is 14.8 Å². The zero-order valence-corrected chi connectivity index (χ0v) is 15.9. The zero-order chi connectivity index (χ0) is 18.0. The van der Waals surface area contributed by atoms with Gasteiger partial charge in [-0.15, -0.1) is 11.3 Å². The second kappa shape index (κ2) is 7.42. The molecule has 0 bridgehead atoms. The molecule has 6 nitrogen and oxygen atoms in total. The Hall–Kier alpha value is -2.10. The summed E-state index contributed by atoms with van der Waals surface area (Å²) in [7, 11) is 1.45. The molecular weight excluding hydrogens is 430 g/mol. The fraction of sp³-hybridized carbons (Fsp3) is 0.0625. The average molecular weight is 440 g/mol. The van der Waals surface area contributed by atoms with E-state index >= 15 is 0 Å². The first-order valence-corrected chi connectivity index (χ1v) is 9.35. The van der Waals surface area contributed by atoms with Gasteiger partial charge < -0.3 is 9.47 Å². The van der Waals surface area contributed by atoms with Gasteiger partial charge in [0.15, 0.2) is 11.5 Å². The number of ether oxygens (including phenoxy) is 2. The molecule has 0 aliphatic carbocycles. The van der Waals surface area contributed by atoms with E-state index in [1.54, 1.807) is 35.7 Å². The molecule has 0 spiro atoms. The Balaban J connectivity index is 1.91. The Morgan fingerprint density at radius 1 is 1.32 bits per heavy atom. The first-order valence-electron chi connectivity index (χ1n) is 6.86. The summed E-state index contributed by atoms with van der Waals surface area (Å²) >= 11 is 5.45. The number of thioether (sulfide) groups is 1. The number of imide groups is 1. The first-order chi connectivity index (χ1) is 12.0. The van der Waals surface area contributed by atoms with E-state index in [-0.39, 0.29) is 10.7 Å². The van der Waals surface area contributed by atoms with Crippen LogP contribution in [0.25, 0.3) is 6.08 Å². The number of hydrogen-bond acceptors (Lipinski definition) is 7. The number of carbonyl (C=O) groups excluding carboxylic acids is 3. The van der Waals surface area contributed by atoms with Crippen LogP contribution >= 0.6 is 39.0 Å². The quantitative estimate of drug-likeness (QED) is 0.439. The van der Waals surface area contributed by atoms with Crippen LogP contribution in [0.15, 0.2) is 39.0 Å². The van der Waals surface area contributed by atoms with E-state index in [0.717, 1.165) is 11.8 Å². The Kier molecular flexibility index (Phi) is 5.26. The summed E-state index contributed by atoms with van der Waals surface area (Å²) in [5, 5.41) is 3.56. The molecular formula is C16H10BrNO5S2. The smallest absolute Gasteiger partial charge is 0.353 e. The highest BCUT2D eigenvalue weighted by atomic mass is 79.9. The minimum Gasteiger partial charge on any atom is -0.493 e. The largest absolute Gasteiger partial charge is 0.493 e. The zero-order valence-electron chi connectivity index (χ0n) is 12.7. The summed E-state index contributed by atoms with van der Waals surface area (Å²) in [6, 6.07) is 6.71. The van der Waals surface area contributed by atoms with Crippen molar-refractivity contribution < 1.29 is 23.9 Å². The van der Waals surface area contributed by atoms with Crippen molar-refractivity contribution in [2.75, 3.05) is 7.11 Å². The van der Waals surface area contributed by atoms with Gasteiger partial charge in [0.05, 0.1) is 16.5 Å². The third-order valence-electron chi connectivity index (χ3n) is 3.11. The molecule has 25 heavy (non-hydrogen) atoms. The summed E-state index contributed by atoms with van der Waals surface area (Å²) in [5.41, 5.74) is 0.618. The summed E-state index contributed by atoms with van der Waals surface area (Å²) in [6.45, 7) is 0. The lowest BCUT2D eigenvalue weighted by molar-refractivity contribution is -0.115. The second-order valence-electron chi connectivity index (χ2n) is 4.75. The molecule has 2 amide bonds. The van der Waals surface area contributed by atoms with Crippen molar-refractivity contribution in [1.82, 2.24) is 5.32 Å². The van der Waals surface area contributed by atoms with Crippen molar-refractivity contribution in [3.05, 3.63) is 49.5 Å². The third-order valence-corrected chi connectivity index (χ3v) is 5.36. The van der Waals surface area contributed by atoms with Gasteiger partial charge in [0.25, 0.3) is 11.1 Å². The number of nitrogens with one attached hydrogen (secondary N) is 1. The topological polar surface area (TPSA) is 81.7 Å². The molecule has 1 fully saturated rings. The number of methoxy groups -OCH3 is 1. The van der Waals surface area contributed by atoms with E-state index in [1.165, 1.54) is 18.4 Å². The van der Waals surface area contributed by atoms with Gasteiger partial charge in [-0.1, -0.05) is 6.07 Å². The van der Waals surface area contributed by atoms with Crippen molar-refractivity contribution in [3.63, 3.8) is 0 Å². The maximum atomic E-state index is 12.1. The maximum absolute atomic E-state index is 12.1. The fourth-order valence-electron chi connectivity index (χ4n) is 2.03. The normalized spacial score (nSPS) is 15.4. The van der Waals surface area contributed by atoms with E-state index < -0.39 is 17.1 Å². The number of esters is 1. The lowest BCUT2D eigenvalue weighted by atomic mass is 10.2. The molecule has 3 rings (SSSR count). The van der Waals surface area contributed by atoms with Crippen LogP contribution in [0.1, 0.15) is 15.2 Å². The van der Waals surface area contributed by atoms with E-state index in [9.17, 15) is 14.4 Å². The van der Waals surface area contributed by atoms with Crippen molar-refractivity contribution in [1.29, 1.82) is 0 Å². The molecule has 1 aromatic carbocycles. The highest BCUT2D eigenvalue weighted by molar-refractivity contribution is 9.10. The summed E-state index contributed by atoms with van der Waals surface area (Å²) in [5.74, 6) is -0.377. The van der Waals surface area contributed by atoms with Crippen LogP contribution in [-0.2, 0) is 4.79 Å². The van der Waals surface area contributed by atoms with Gasteiger partial charge >= 0.3 is 5.97 Å². The molecule has 1 N–H and O–H groups in total. The predicted molar refractivity (Wildman–Crippen MR) is 99.1 cm³/mol. The second-order valence-corrected chi connectivity index (χ2v) is 7.57. The van der Waals surface area contributed by atoms with Crippen molar-refractivity contribution in [2.45, 2.75) is 0 Å². The highest BCUT2D eigenvalue weighted by Crippen LogP contribution is 2.38. The molecule has 1 aliphatic rings. The highest BCUT2D eigenvalue weighted by Gasteiger charge is 2.25. The van der Waals surface area contributed by atoms with Gasteiger partial charge in [-0.2, -0.15) is 0 Å². The number of thiophene rings is 1. The summed E-state index contributed by atoms with van der Waals surface area (Å²) in [6.07, 6.45) is 1.56. The number of amides is 2. The standard InChI is InChI=1S/C16H10BrNO5S2/c1-22-10-6-8(7-12-14(19)18-16(21)25-12)5-9(17)13(10)23-15(20)11-3-2-4-24-11/h2-7H,1H3,(H,18,19,21)/b12-7-. The molecule has 0 saturated carbocycles. The van der Waals surface area contributed by atoms with Crippen molar-refractivity contribution >= 4 is 62.2 Å². The van der Waals surface area contributed by atoms with Gasteiger partial charge in [0, 0.05) is 0 Å². The molecule has 1 aliphatic heterocycles. The fourth-order valence-corrected chi connectivity index (χ4v) is 3.85. The van der Waals surface area contributed by atoms with E-state index in [1.807, 2.05) is 0 Å². The molecule has 9 heteroatoms. The molecule has 1 saturated heterocycles. The van der Waals surface area contributed by atoms with Crippen LogP contribution in [0.3, 0.4) is 0 Å². The van der Waals surface area contributed by atoms with Crippen LogP contribution in [-0.4, -0.2) is 24.2 Å². The molecule has 0 atom stereocenters. The monoisotopic (exact) mass is 439 g/mol. The molecule has 0 unspecified atom stereocenters. The van der Waals surface area contributed by atoms with Crippen LogP contribution in [0.5, 0.6) is 11.5 Å². The first kappa shape index (κ1) is 17.7. The molecule has 128 valence electrons. The average Bonchev–Trinajstić information content (AvgIpc) is 3.20. The van der Waals surface area contributed by atoms with Gasteiger partial charge in [-0.25, -0.2) is 4.79 Å². The number of hydrogen-bond donors (Lipinski definition) is 1. The van der Waals surface area contributed by atoms with Crippen LogP contribution in [0.2, 0.25) is 0 Å². The van der Waals surface area contributed by atoms with E-state index in [2.05, 4.69) is 21.2 Å². The maximum Gasteiger partial charge on any atom is 0.353 e. The van der Waals surface area contributed by atoms with E-state index in [0.29, 0.717) is 20.7 Å². The van der Waals surface area contributed by atoms with Crippen LogP contribution in [0.4, 0.5) is 4.79 Å². The minimum atomic E-state index is -0.489. The van der Waals surface area contributed by atoms with Gasteiger partial charge in [-0.3, -0.25) is 14.9 Å². The van der Waals surface area contributed by atoms with Gasteiger partial charge in [-0.05, 0) is 62.9 Å². The van der Waals surface area contributed by atoms with Crippen molar-refractivity contribution in [2.24, 2.45) is 0 Å². The van der Waals surface area contributed by atoms with Crippen LogP contribution in [0, 0.1) is 0 Å². The SMILES string of the molecule is COc1cc(/C=C2\SC(=O)NC2=O)cc(Br)c1OC(=O)c1cccs1. The summed E-state index contributed by atoms with van der Waals surface area (Å²) < 4.78 is 11.2. The summed E-state index contributed by atoms with van der Waals surface area (Å²) in [4.78, 5) is 35.8. The Morgan fingerprint density at radius 2 is 2.12 bits per heavy atom. The lowest BCUT2D eigenvalue weighted by Crippen LogP contribution is -2.17. The predicted octanol–water partition coefficient (Wildman–Crippen LogP) is 4.06. The molecule has 1 aromatic heterocycles.